The lowest BCUT2D eigenvalue weighted by Crippen LogP contribution is -2.54. The van der Waals surface area contributed by atoms with Crippen molar-refractivity contribution in [2.24, 2.45) is 22.1 Å². The van der Waals surface area contributed by atoms with Crippen LogP contribution in [0.4, 0.5) is 0 Å². The molecule has 0 saturated carbocycles. The Morgan fingerprint density at radius 2 is 0.972 bits per heavy atom. The number of aromatic hydroxyl groups is 1. The number of amides is 6. The van der Waals surface area contributed by atoms with Gasteiger partial charge in [0, 0.05) is 62.7 Å². The Hall–Kier alpha value is -7.38. The molecule has 22 nitrogen and oxygen atoms in total. The van der Waals surface area contributed by atoms with E-state index < -0.39 is 36.0 Å². The number of phenols is 1. The average molecular weight is 987 g/mol. The van der Waals surface area contributed by atoms with Crippen molar-refractivity contribution >= 4 is 35.4 Å². The fourth-order valence-electron chi connectivity index (χ4n) is 6.67. The number of nitrogens with zero attached hydrogens (tertiary/aromatic N) is 6. The number of phenolic OH excluding ortho intramolecular Hbond substituents is 1. The van der Waals surface area contributed by atoms with Crippen molar-refractivity contribution in [2.45, 2.75) is 98.0 Å². The van der Waals surface area contributed by atoms with Gasteiger partial charge >= 0.3 is 0 Å². The maximum atomic E-state index is 13.2. The highest BCUT2D eigenvalue weighted by Crippen LogP contribution is 2.17. The molecule has 4 atom stereocenters. The number of carbonyl (C=O) groups is 6. The van der Waals surface area contributed by atoms with E-state index in [4.69, 9.17) is 25.3 Å². The standard InChI is InChI=1S/C28H38N6O5.C21H32N6O5/c1-20(2)17-25(27(36)30-13-15-38-16-14-31-34-29)33-28(37)26(32-21(3)35)18-22-9-11-24(12-10-22)39-19-23-7-5-4-6-8-23;1-14(2)12-18(20(30)23-8-10-32-11-9-24-27-22)26-21(31)19(25-15(3)28)13-16-4-6-17(29)7-5-16/h4-12,20,25-26H,13-19H2,1-3H3,(H,30,36)(H,32,35)(H,33,37);4-7,14,18-19,29H,8-13H2,1-3H3,(H,23,30)(H,25,28)(H,26,31)/t25-,26+;18-,19+/m11/s1. The molecule has 0 fully saturated rings. The Labute approximate surface area is 415 Å². The quantitative estimate of drug-likeness (QED) is 0.0202. The second-order valence-electron chi connectivity index (χ2n) is 17.1. The van der Waals surface area contributed by atoms with E-state index in [1.165, 1.54) is 26.0 Å². The van der Waals surface area contributed by atoms with Gasteiger partial charge in [0.2, 0.25) is 35.4 Å². The molecule has 3 rings (SSSR count). The normalized spacial score (nSPS) is 12.2. The van der Waals surface area contributed by atoms with Crippen LogP contribution in [0.1, 0.15) is 71.1 Å². The van der Waals surface area contributed by atoms with Crippen LogP contribution in [0.15, 0.2) is 89.1 Å². The van der Waals surface area contributed by atoms with E-state index in [0.29, 0.717) is 25.2 Å². The zero-order valence-corrected chi connectivity index (χ0v) is 41.5. The summed E-state index contributed by atoms with van der Waals surface area (Å²) in [6, 6.07) is 20.2. The molecule has 0 spiro atoms. The van der Waals surface area contributed by atoms with Gasteiger partial charge in [-0.1, -0.05) is 92.5 Å². The van der Waals surface area contributed by atoms with Gasteiger partial charge < -0.3 is 51.2 Å². The number of benzene rings is 3. The largest absolute Gasteiger partial charge is 0.508 e. The van der Waals surface area contributed by atoms with Gasteiger partial charge in [0.25, 0.3) is 0 Å². The highest BCUT2D eigenvalue weighted by Gasteiger charge is 2.28. The van der Waals surface area contributed by atoms with Gasteiger partial charge in [-0.15, -0.1) is 0 Å². The van der Waals surface area contributed by atoms with Gasteiger partial charge in [-0.3, -0.25) is 28.8 Å². The summed E-state index contributed by atoms with van der Waals surface area (Å²) < 4.78 is 16.4. The molecular formula is C49H70N12O10. The summed E-state index contributed by atoms with van der Waals surface area (Å²) >= 11 is 0. The Kier molecular flexibility index (Phi) is 29.3. The van der Waals surface area contributed by atoms with Crippen molar-refractivity contribution < 1.29 is 48.1 Å². The third kappa shape index (κ3) is 27.4. The average Bonchev–Trinajstić information content (AvgIpc) is 3.32. The van der Waals surface area contributed by atoms with Crippen molar-refractivity contribution in [3.63, 3.8) is 0 Å². The summed E-state index contributed by atoms with van der Waals surface area (Å²) in [6.07, 6.45) is 1.30. The number of carbonyl (C=O) groups excluding carboxylic acids is 6. The van der Waals surface area contributed by atoms with E-state index in [1.54, 1.807) is 12.1 Å². The van der Waals surface area contributed by atoms with Crippen molar-refractivity contribution in [1.82, 2.24) is 31.9 Å². The summed E-state index contributed by atoms with van der Waals surface area (Å²) in [5, 5.41) is 32.5. The molecule has 0 aromatic heterocycles. The molecule has 0 saturated heterocycles. The molecule has 0 bridgehead atoms. The van der Waals surface area contributed by atoms with E-state index in [-0.39, 0.29) is 107 Å². The number of nitrogens with one attached hydrogen (secondary N) is 6. The Bertz CT molecular complexity index is 2180. The Balaban J connectivity index is 0.000000497. The lowest BCUT2D eigenvalue weighted by atomic mass is 10.0. The van der Waals surface area contributed by atoms with Crippen molar-refractivity contribution in [2.75, 3.05) is 52.6 Å². The first-order chi connectivity index (χ1) is 34.0. The van der Waals surface area contributed by atoms with Crippen molar-refractivity contribution in [3.05, 3.63) is 116 Å². The van der Waals surface area contributed by atoms with E-state index in [1.807, 2.05) is 82.3 Å². The van der Waals surface area contributed by atoms with Crippen LogP contribution < -0.4 is 36.6 Å². The first-order valence-corrected chi connectivity index (χ1v) is 23.4. The molecule has 22 heteroatoms. The number of hydrogen-bond donors (Lipinski definition) is 7. The molecule has 3 aromatic rings. The number of hydrogen-bond acceptors (Lipinski definition) is 12. The van der Waals surface area contributed by atoms with Gasteiger partial charge in [0.1, 0.15) is 42.3 Å². The van der Waals surface area contributed by atoms with Crippen LogP contribution in [0.3, 0.4) is 0 Å². The first-order valence-electron chi connectivity index (χ1n) is 23.4. The van der Waals surface area contributed by atoms with E-state index in [9.17, 15) is 33.9 Å². The smallest absolute Gasteiger partial charge is 0.243 e. The van der Waals surface area contributed by atoms with Gasteiger partial charge in [-0.2, -0.15) is 0 Å². The zero-order chi connectivity index (χ0) is 52.4. The Morgan fingerprint density at radius 3 is 1.37 bits per heavy atom. The molecule has 386 valence electrons. The zero-order valence-electron chi connectivity index (χ0n) is 41.5. The van der Waals surface area contributed by atoms with Crippen LogP contribution in [-0.4, -0.2) is 117 Å². The molecule has 0 heterocycles. The minimum absolute atomic E-state index is 0.102. The summed E-state index contributed by atoms with van der Waals surface area (Å²) in [6.45, 7) is 12.8. The molecule has 0 aliphatic rings. The van der Waals surface area contributed by atoms with Crippen LogP contribution in [-0.2, 0) is 57.7 Å². The van der Waals surface area contributed by atoms with Gasteiger partial charge in [0.15, 0.2) is 0 Å². The SMILES string of the molecule is CC(=O)N[C@@H](Cc1ccc(O)cc1)C(=O)N[C@H](CC(C)C)C(=O)NCCOCCN=[N+]=[N-].CC(=O)N[C@@H](Cc1ccc(OCc2ccccc2)cc1)C(=O)N[C@H](CC(C)C)C(=O)NCCOCCN=[N+]=[N-]. The van der Waals surface area contributed by atoms with Gasteiger partial charge in [-0.25, -0.2) is 0 Å². The molecule has 71 heavy (non-hydrogen) atoms. The second kappa shape index (κ2) is 34.8. The molecule has 0 radical (unpaired) electrons. The first kappa shape index (κ1) is 59.7. The van der Waals surface area contributed by atoms with Crippen molar-refractivity contribution in [3.8, 4) is 11.5 Å². The molecule has 3 aromatic carbocycles. The van der Waals surface area contributed by atoms with Crippen LogP contribution in [0.25, 0.3) is 20.9 Å². The van der Waals surface area contributed by atoms with Gasteiger partial charge in [-0.05, 0) is 76.7 Å². The molecule has 0 aliphatic heterocycles. The van der Waals surface area contributed by atoms with E-state index in [2.05, 4.69) is 52.0 Å². The monoisotopic (exact) mass is 987 g/mol. The predicted molar refractivity (Wildman–Crippen MR) is 266 cm³/mol. The minimum Gasteiger partial charge on any atom is -0.508 e. The summed E-state index contributed by atoms with van der Waals surface area (Å²) in [7, 11) is 0. The second-order valence-corrected chi connectivity index (χ2v) is 17.1. The van der Waals surface area contributed by atoms with Crippen LogP contribution in [0.2, 0.25) is 0 Å². The molecule has 6 amide bonds. The number of rotatable bonds is 31. The number of ether oxygens (including phenoxy) is 3. The topological polar surface area (TPSA) is 320 Å². The third-order valence-electron chi connectivity index (χ3n) is 9.94. The lowest BCUT2D eigenvalue weighted by Gasteiger charge is -2.24. The van der Waals surface area contributed by atoms with Gasteiger partial charge in [0.05, 0.1) is 26.4 Å². The van der Waals surface area contributed by atoms with Crippen molar-refractivity contribution in [1.29, 1.82) is 0 Å². The summed E-state index contributed by atoms with van der Waals surface area (Å²) in [4.78, 5) is 80.3. The predicted octanol–water partition coefficient (Wildman–Crippen LogP) is 4.70. The third-order valence-corrected chi connectivity index (χ3v) is 9.94. The number of azide groups is 2. The maximum Gasteiger partial charge on any atom is 0.243 e. The highest BCUT2D eigenvalue weighted by molar-refractivity contribution is 5.93. The molecule has 7 N–H and O–H groups in total. The molecule has 0 aliphatic carbocycles. The summed E-state index contributed by atoms with van der Waals surface area (Å²) in [5.41, 5.74) is 19.1. The highest BCUT2D eigenvalue weighted by atomic mass is 16.5. The van der Waals surface area contributed by atoms with Crippen LogP contribution in [0.5, 0.6) is 11.5 Å². The van der Waals surface area contributed by atoms with E-state index >= 15 is 0 Å². The fourth-order valence-corrected chi connectivity index (χ4v) is 6.67. The minimum atomic E-state index is -0.872. The Morgan fingerprint density at radius 1 is 0.549 bits per heavy atom. The molecule has 0 unspecified atom stereocenters. The molecular weight excluding hydrogens is 917 g/mol. The fraction of sp³-hybridized carbons (Fsp3) is 0.510. The van der Waals surface area contributed by atoms with Crippen LogP contribution >= 0.6 is 0 Å². The van der Waals surface area contributed by atoms with Crippen LogP contribution in [0, 0.1) is 11.8 Å². The summed E-state index contributed by atoms with van der Waals surface area (Å²) in [5.74, 6) is -1.24. The lowest BCUT2D eigenvalue weighted by molar-refractivity contribution is -0.132. The maximum absolute atomic E-state index is 13.2. The van der Waals surface area contributed by atoms with E-state index in [0.717, 1.165) is 16.7 Å².